The standard InChI is InChI=1S/C14H18N2O4S/c1-9(2)21(19,20)16-13(14(17)18)7-10-8-15-12-6-4-3-5-11(10)12/h3-6,8-9,13,15-16H,7H2,1-2H3,(H,17,18)/t13-/m1/s1. The maximum Gasteiger partial charge on any atom is 0.322 e. The van der Waals surface area contributed by atoms with Crippen LogP contribution >= 0.6 is 0 Å². The lowest BCUT2D eigenvalue weighted by atomic mass is 10.1. The zero-order valence-corrected chi connectivity index (χ0v) is 12.6. The lowest BCUT2D eigenvalue weighted by molar-refractivity contribution is -0.138. The molecular formula is C14H18N2O4S. The van der Waals surface area contributed by atoms with Crippen LogP contribution in [0.1, 0.15) is 19.4 Å². The Balaban J connectivity index is 2.27. The molecule has 7 heteroatoms. The first-order valence-electron chi connectivity index (χ1n) is 6.60. The van der Waals surface area contributed by atoms with Crippen LogP contribution in [0.25, 0.3) is 10.9 Å². The maximum atomic E-state index is 11.9. The summed E-state index contributed by atoms with van der Waals surface area (Å²) in [7, 11) is -3.64. The molecule has 0 spiro atoms. The summed E-state index contributed by atoms with van der Waals surface area (Å²) in [5.74, 6) is -1.19. The molecule has 0 saturated heterocycles. The Morgan fingerprint density at radius 1 is 1.33 bits per heavy atom. The third-order valence-electron chi connectivity index (χ3n) is 3.32. The summed E-state index contributed by atoms with van der Waals surface area (Å²) in [4.78, 5) is 14.4. The van der Waals surface area contributed by atoms with Crippen LogP contribution in [0.15, 0.2) is 30.5 Å². The van der Waals surface area contributed by atoms with Crippen LogP contribution in [0.2, 0.25) is 0 Å². The number of hydrogen-bond donors (Lipinski definition) is 3. The van der Waals surface area contributed by atoms with Crippen molar-refractivity contribution >= 4 is 26.9 Å². The highest BCUT2D eigenvalue weighted by Crippen LogP contribution is 2.19. The molecule has 0 aliphatic heterocycles. The van der Waals surface area contributed by atoms with E-state index in [-0.39, 0.29) is 6.42 Å². The Hall–Kier alpha value is -1.86. The van der Waals surface area contributed by atoms with Gasteiger partial charge in [-0.2, -0.15) is 0 Å². The summed E-state index contributed by atoms with van der Waals surface area (Å²) < 4.78 is 26.0. The smallest absolute Gasteiger partial charge is 0.322 e. The van der Waals surface area contributed by atoms with E-state index in [0.29, 0.717) is 0 Å². The highest BCUT2D eigenvalue weighted by Gasteiger charge is 2.27. The third kappa shape index (κ3) is 3.43. The second-order valence-electron chi connectivity index (χ2n) is 5.17. The Bertz CT molecular complexity index is 749. The molecule has 0 radical (unpaired) electrons. The molecule has 0 bridgehead atoms. The van der Waals surface area contributed by atoms with Crippen molar-refractivity contribution in [2.24, 2.45) is 0 Å². The van der Waals surface area contributed by atoms with Crippen LogP contribution < -0.4 is 4.72 Å². The van der Waals surface area contributed by atoms with Crippen molar-refractivity contribution in [1.82, 2.24) is 9.71 Å². The van der Waals surface area contributed by atoms with Gasteiger partial charge in [0, 0.05) is 23.5 Å². The first-order chi connectivity index (χ1) is 9.81. The molecule has 0 aliphatic carbocycles. The van der Waals surface area contributed by atoms with Gasteiger partial charge >= 0.3 is 5.97 Å². The Morgan fingerprint density at radius 2 is 2.00 bits per heavy atom. The average Bonchev–Trinajstić information content (AvgIpc) is 2.81. The number of carbonyl (C=O) groups is 1. The number of aliphatic carboxylic acids is 1. The van der Waals surface area contributed by atoms with Crippen LogP contribution in [0.5, 0.6) is 0 Å². The zero-order valence-electron chi connectivity index (χ0n) is 11.8. The molecular weight excluding hydrogens is 292 g/mol. The predicted octanol–water partition coefficient (Wildman–Crippen LogP) is 1.49. The number of H-pyrrole nitrogens is 1. The summed E-state index contributed by atoms with van der Waals surface area (Å²) in [6, 6.07) is 6.30. The lowest BCUT2D eigenvalue weighted by Crippen LogP contribution is -2.44. The van der Waals surface area contributed by atoms with Crippen LogP contribution in [0.3, 0.4) is 0 Å². The quantitative estimate of drug-likeness (QED) is 0.752. The van der Waals surface area contributed by atoms with Gasteiger partial charge in [-0.3, -0.25) is 4.79 Å². The van der Waals surface area contributed by atoms with E-state index in [1.165, 1.54) is 13.8 Å². The fourth-order valence-electron chi connectivity index (χ4n) is 2.03. The van der Waals surface area contributed by atoms with Crippen molar-refractivity contribution in [3.8, 4) is 0 Å². The van der Waals surface area contributed by atoms with Crippen molar-refractivity contribution < 1.29 is 18.3 Å². The van der Waals surface area contributed by atoms with Crippen LogP contribution in [0.4, 0.5) is 0 Å². The summed E-state index contributed by atoms with van der Waals surface area (Å²) in [6.07, 6.45) is 1.80. The van der Waals surface area contributed by atoms with E-state index in [1.807, 2.05) is 24.3 Å². The van der Waals surface area contributed by atoms with Crippen molar-refractivity contribution in [3.63, 3.8) is 0 Å². The van der Waals surface area contributed by atoms with Crippen LogP contribution in [-0.4, -0.2) is 35.8 Å². The fraction of sp³-hybridized carbons (Fsp3) is 0.357. The number of nitrogens with one attached hydrogen (secondary N) is 2. The van der Waals surface area contributed by atoms with E-state index in [2.05, 4.69) is 9.71 Å². The molecule has 2 aromatic rings. The van der Waals surface area contributed by atoms with Gasteiger partial charge in [-0.05, 0) is 25.5 Å². The van der Waals surface area contributed by atoms with Crippen molar-refractivity contribution in [2.75, 3.05) is 0 Å². The molecule has 0 saturated carbocycles. The summed E-state index contributed by atoms with van der Waals surface area (Å²) >= 11 is 0. The van der Waals surface area contributed by atoms with Crippen LogP contribution in [-0.2, 0) is 21.2 Å². The number of aromatic nitrogens is 1. The topological polar surface area (TPSA) is 99.3 Å². The summed E-state index contributed by atoms with van der Waals surface area (Å²) in [5, 5.41) is 9.47. The highest BCUT2D eigenvalue weighted by molar-refractivity contribution is 7.90. The first-order valence-corrected chi connectivity index (χ1v) is 8.15. The summed E-state index contributed by atoms with van der Waals surface area (Å²) in [6.45, 7) is 3.01. The normalized spacial score (nSPS) is 13.7. The minimum atomic E-state index is -3.64. The third-order valence-corrected chi connectivity index (χ3v) is 5.18. The molecule has 6 nitrogen and oxygen atoms in total. The van der Waals surface area contributed by atoms with E-state index >= 15 is 0 Å². The average molecular weight is 310 g/mol. The first kappa shape index (κ1) is 15.5. The predicted molar refractivity (Wildman–Crippen MR) is 80.6 cm³/mol. The number of sulfonamides is 1. The Kier molecular flexibility index (Phi) is 4.34. The van der Waals surface area contributed by atoms with E-state index in [9.17, 15) is 18.3 Å². The van der Waals surface area contributed by atoms with Crippen LogP contribution in [0, 0.1) is 0 Å². The van der Waals surface area contributed by atoms with Gasteiger partial charge in [-0.15, -0.1) is 0 Å². The van der Waals surface area contributed by atoms with Crippen molar-refractivity contribution in [1.29, 1.82) is 0 Å². The van der Waals surface area contributed by atoms with E-state index in [0.717, 1.165) is 16.5 Å². The molecule has 114 valence electrons. The van der Waals surface area contributed by atoms with Gasteiger partial charge in [0.05, 0.1) is 5.25 Å². The number of fused-ring (bicyclic) bond motifs is 1. The largest absolute Gasteiger partial charge is 0.480 e. The number of aromatic amines is 1. The molecule has 1 aromatic carbocycles. The number of carboxylic acid groups (broad SMARTS) is 1. The number of para-hydroxylation sites is 1. The highest BCUT2D eigenvalue weighted by atomic mass is 32.2. The molecule has 2 rings (SSSR count). The lowest BCUT2D eigenvalue weighted by Gasteiger charge is -2.16. The van der Waals surface area contributed by atoms with E-state index in [1.54, 1.807) is 6.20 Å². The molecule has 0 aliphatic rings. The number of carboxylic acids is 1. The number of hydrogen-bond acceptors (Lipinski definition) is 3. The van der Waals surface area contributed by atoms with Crippen molar-refractivity contribution in [2.45, 2.75) is 31.6 Å². The van der Waals surface area contributed by atoms with Gasteiger partial charge < -0.3 is 10.1 Å². The fourth-order valence-corrected chi connectivity index (χ4v) is 2.89. The molecule has 1 aromatic heterocycles. The Morgan fingerprint density at radius 3 is 2.62 bits per heavy atom. The van der Waals surface area contributed by atoms with Gasteiger partial charge in [0.25, 0.3) is 0 Å². The molecule has 21 heavy (non-hydrogen) atoms. The SMILES string of the molecule is CC(C)S(=O)(=O)N[C@H](Cc1c[nH]c2ccccc12)C(=O)O. The molecule has 0 amide bonds. The molecule has 1 atom stereocenters. The van der Waals surface area contributed by atoms with Gasteiger partial charge in [0.15, 0.2) is 0 Å². The molecule has 1 heterocycles. The minimum absolute atomic E-state index is 0.0886. The van der Waals surface area contributed by atoms with Gasteiger partial charge in [-0.1, -0.05) is 18.2 Å². The van der Waals surface area contributed by atoms with Gasteiger partial charge in [0.2, 0.25) is 10.0 Å². The second-order valence-corrected chi connectivity index (χ2v) is 7.43. The number of rotatable bonds is 6. The summed E-state index contributed by atoms with van der Waals surface area (Å²) in [5.41, 5.74) is 1.66. The van der Waals surface area contributed by atoms with Crippen molar-refractivity contribution in [3.05, 3.63) is 36.0 Å². The molecule has 3 N–H and O–H groups in total. The molecule has 0 unspecified atom stereocenters. The van der Waals surface area contributed by atoms with E-state index in [4.69, 9.17) is 0 Å². The zero-order chi connectivity index (χ0) is 15.6. The number of benzene rings is 1. The second kappa shape index (κ2) is 5.87. The van der Waals surface area contributed by atoms with Gasteiger partial charge in [0.1, 0.15) is 6.04 Å². The van der Waals surface area contributed by atoms with Gasteiger partial charge in [-0.25, -0.2) is 13.1 Å². The minimum Gasteiger partial charge on any atom is -0.480 e. The Labute approximate surface area is 123 Å². The van der Waals surface area contributed by atoms with E-state index < -0.39 is 27.3 Å². The monoisotopic (exact) mass is 310 g/mol. The maximum absolute atomic E-state index is 11.9. The molecule has 0 fully saturated rings.